The summed E-state index contributed by atoms with van der Waals surface area (Å²) in [5.74, 6) is -1.74. The van der Waals surface area contributed by atoms with Crippen LogP contribution in [0.4, 0.5) is 15.8 Å². The lowest BCUT2D eigenvalue weighted by atomic mass is 9.87. The van der Waals surface area contributed by atoms with E-state index in [0.717, 1.165) is 37.8 Å². The van der Waals surface area contributed by atoms with Gasteiger partial charge in [-0.25, -0.2) is 0 Å². The number of ether oxygens (including phenoxy) is 1. The number of esters is 1. The van der Waals surface area contributed by atoms with E-state index in [1.54, 1.807) is 0 Å². The molecule has 1 saturated carbocycles. The third kappa shape index (κ3) is 5.29. The number of amides is 1. The molecule has 0 bridgehead atoms. The predicted octanol–water partition coefficient (Wildman–Crippen LogP) is 3.19. The molecule has 1 fully saturated rings. The average Bonchev–Trinajstić information content (AvgIpc) is 2.55. The third-order valence-corrected chi connectivity index (χ3v) is 3.97. The fourth-order valence-electron chi connectivity index (χ4n) is 2.76. The van der Waals surface area contributed by atoms with E-state index >= 15 is 0 Å². The monoisotopic (exact) mass is 338 g/mol. The van der Waals surface area contributed by atoms with Gasteiger partial charge >= 0.3 is 11.7 Å². The Morgan fingerprint density at radius 2 is 2.00 bits per heavy atom. The van der Waals surface area contributed by atoms with Crippen LogP contribution in [0.15, 0.2) is 18.2 Å². The summed E-state index contributed by atoms with van der Waals surface area (Å²) in [5, 5.41) is 13.0. The van der Waals surface area contributed by atoms with Crippen LogP contribution >= 0.6 is 0 Å². The molecule has 0 aliphatic heterocycles. The second kappa shape index (κ2) is 8.37. The fourth-order valence-corrected chi connectivity index (χ4v) is 2.76. The van der Waals surface area contributed by atoms with Gasteiger partial charge in [0.25, 0.3) is 5.91 Å². The number of nitro groups is 1. The Labute approximate surface area is 138 Å². The van der Waals surface area contributed by atoms with E-state index in [0.29, 0.717) is 12.3 Å². The van der Waals surface area contributed by atoms with Crippen LogP contribution < -0.4 is 5.32 Å². The molecule has 1 aromatic rings. The van der Waals surface area contributed by atoms with Crippen LogP contribution in [0.25, 0.3) is 0 Å². The molecular formula is C16H19FN2O5. The normalized spacial score (nSPS) is 14.9. The molecule has 1 aromatic carbocycles. The number of nitro benzene ring substituents is 1. The van der Waals surface area contributed by atoms with Crippen molar-refractivity contribution in [3.8, 4) is 0 Å². The van der Waals surface area contributed by atoms with Crippen molar-refractivity contribution in [1.82, 2.24) is 0 Å². The highest BCUT2D eigenvalue weighted by atomic mass is 19.1. The van der Waals surface area contributed by atoms with Crippen LogP contribution in [-0.4, -0.2) is 23.4 Å². The van der Waals surface area contributed by atoms with Gasteiger partial charge in [0.15, 0.2) is 6.61 Å². The van der Waals surface area contributed by atoms with Gasteiger partial charge in [0.05, 0.1) is 4.92 Å². The lowest BCUT2D eigenvalue weighted by Gasteiger charge is -2.20. The van der Waals surface area contributed by atoms with Crippen LogP contribution in [0.5, 0.6) is 0 Å². The Morgan fingerprint density at radius 1 is 1.29 bits per heavy atom. The number of nitrogens with one attached hydrogen (secondary N) is 1. The first kappa shape index (κ1) is 17.8. The number of halogens is 1. The summed E-state index contributed by atoms with van der Waals surface area (Å²) in [4.78, 5) is 33.2. The van der Waals surface area contributed by atoms with Gasteiger partial charge < -0.3 is 10.1 Å². The zero-order valence-corrected chi connectivity index (χ0v) is 13.1. The van der Waals surface area contributed by atoms with Crippen LogP contribution in [0, 0.1) is 21.8 Å². The van der Waals surface area contributed by atoms with Gasteiger partial charge in [0.2, 0.25) is 5.82 Å². The molecule has 2 rings (SSSR count). The summed E-state index contributed by atoms with van der Waals surface area (Å²) < 4.78 is 18.1. The Kier molecular flexibility index (Phi) is 6.22. The number of anilines is 1. The first-order valence-corrected chi connectivity index (χ1v) is 7.85. The van der Waals surface area contributed by atoms with Crippen LogP contribution in [0.3, 0.4) is 0 Å². The summed E-state index contributed by atoms with van der Waals surface area (Å²) in [6, 6.07) is 3.00. The summed E-state index contributed by atoms with van der Waals surface area (Å²) in [6.45, 7) is -0.475. The summed E-state index contributed by atoms with van der Waals surface area (Å²) in [7, 11) is 0. The number of rotatable bonds is 6. The van der Waals surface area contributed by atoms with Crippen molar-refractivity contribution in [2.45, 2.75) is 38.5 Å². The van der Waals surface area contributed by atoms with E-state index in [1.165, 1.54) is 12.5 Å². The lowest BCUT2D eigenvalue weighted by molar-refractivity contribution is -0.387. The molecule has 0 atom stereocenters. The summed E-state index contributed by atoms with van der Waals surface area (Å²) >= 11 is 0. The molecule has 0 spiro atoms. The fraction of sp³-hybridized carbons (Fsp3) is 0.500. The third-order valence-electron chi connectivity index (χ3n) is 3.97. The van der Waals surface area contributed by atoms with Crippen molar-refractivity contribution < 1.29 is 23.6 Å². The number of hydrogen-bond acceptors (Lipinski definition) is 5. The second-order valence-corrected chi connectivity index (χ2v) is 5.84. The first-order valence-electron chi connectivity index (χ1n) is 7.85. The molecule has 130 valence electrons. The van der Waals surface area contributed by atoms with E-state index in [4.69, 9.17) is 4.74 Å². The predicted molar refractivity (Wildman–Crippen MR) is 83.8 cm³/mol. The summed E-state index contributed by atoms with van der Waals surface area (Å²) in [6.07, 6.45) is 5.72. The van der Waals surface area contributed by atoms with Gasteiger partial charge in [0.1, 0.15) is 0 Å². The minimum Gasteiger partial charge on any atom is -0.456 e. The molecule has 0 radical (unpaired) electrons. The minimum absolute atomic E-state index is 0.0661. The van der Waals surface area contributed by atoms with E-state index in [1.807, 2.05) is 0 Å². The van der Waals surface area contributed by atoms with Crippen LogP contribution in [0.1, 0.15) is 38.5 Å². The van der Waals surface area contributed by atoms with Gasteiger partial charge in [0, 0.05) is 18.2 Å². The van der Waals surface area contributed by atoms with Gasteiger partial charge in [-0.2, -0.15) is 4.39 Å². The zero-order valence-electron chi connectivity index (χ0n) is 13.1. The Balaban J connectivity index is 1.79. The van der Waals surface area contributed by atoms with Crippen molar-refractivity contribution in [2.75, 3.05) is 11.9 Å². The van der Waals surface area contributed by atoms with Crippen molar-refractivity contribution >= 4 is 23.3 Å². The molecule has 0 unspecified atom stereocenters. The van der Waals surface area contributed by atoms with Crippen molar-refractivity contribution in [3.63, 3.8) is 0 Å². The van der Waals surface area contributed by atoms with E-state index < -0.39 is 34.9 Å². The van der Waals surface area contributed by atoms with Gasteiger partial charge in [-0.05, 0) is 30.9 Å². The van der Waals surface area contributed by atoms with Gasteiger partial charge in [-0.1, -0.05) is 19.3 Å². The molecule has 1 aliphatic rings. The molecule has 0 aromatic heterocycles. The van der Waals surface area contributed by atoms with Crippen molar-refractivity contribution in [1.29, 1.82) is 0 Å². The molecule has 24 heavy (non-hydrogen) atoms. The Morgan fingerprint density at radius 3 is 2.67 bits per heavy atom. The molecule has 1 N–H and O–H groups in total. The van der Waals surface area contributed by atoms with E-state index in [-0.39, 0.29) is 5.69 Å². The SMILES string of the molecule is O=C(COC(=O)CC1CCCCC1)Nc1ccc(F)c([N+](=O)[O-])c1. The van der Waals surface area contributed by atoms with Crippen LogP contribution in [-0.2, 0) is 14.3 Å². The number of nitrogens with zero attached hydrogens (tertiary/aromatic N) is 1. The Hall–Kier alpha value is -2.51. The highest BCUT2D eigenvalue weighted by molar-refractivity contribution is 5.93. The summed E-state index contributed by atoms with van der Waals surface area (Å²) in [5.41, 5.74) is -0.668. The highest BCUT2D eigenvalue weighted by Gasteiger charge is 2.19. The molecule has 1 amide bonds. The maximum absolute atomic E-state index is 13.2. The van der Waals surface area contributed by atoms with E-state index in [9.17, 15) is 24.1 Å². The first-order chi connectivity index (χ1) is 11.5. The maximum atomic E-state index is 13.2. The quantitative estimate of drug-likeness (QED) is 0.488. The lowest BCUT2D eigenvalue weighted by Crippen LogP contribution is -2.22. The Bertz CT molecular complexity index is 629. The highest BCUT2D eigenvalue weighted by Crippen LogP contribution is 2.26. The molecule has 1 aliphatic carbocycles. The number of hydrogen-bond donors (Lipinski definition) is 1. The number of benzene rings is 1. The van der Waals surface area contributed by atoms with Gasteiger partial charge in [-0.15, -0.1) is 0 Å². The number of carbonyl (C=O) groups is 2. The topological polar surface area (TPSA) is 98.5 Å². The van der Waals surface area contributed by atoms with Crippen molar-refractivity contribution in [3.05, 3.63) is 34.1 Å². The minimum atomic E-state index is -0.989. The van der Waals surface area contributed by atoms with Gasteiger partial charge in [-0.3, -0.25) is 19.7 Å². The van der Waals surface area contributed by atoms with Crippen LogP contribution in [0.2, 0.25) is 0 Å². The average molecular weight is 338 g/mol. The number of carbonyl (C=O) groups excluding carboxylic acids is 2. The molecular weight excluding hydrogens is 319 g/mol. The second-order valence-electron chi connectivity index (χ2n) is 5.84. The molecule has 7 nitrogen and oxygen atoms in total. The standard InChI is InChI=1S/C16H19FN2O5/c17-13-7-6-12(9-14(13)19(22)23)18-15(20)10-24-16(21)8-11-4-2-1-3-5-11/h6-7,9,11H,1-5,8,10H2,(H,18,20). The smallest absolute Gasteiger partial charge is 0.306 e. The molecule has 8 heteroatoms. The van der Waals surface area contributed by atoms with E-state index in [2.05, 4.69) is 5.32 Å². The zero-order chi connectivity index (χ0) is 17.5. The molecule has 0 saturated heterocycles. The molecule has 0 heterocycles. The van der Waals surface area contributed by atoms with Crippen molar-refractivity contribution in [2.24, 2.45) is 5.92 Å². The largest absolute Gasteiger partial charge is 0.456 e. The maximum Gasteiger partial charge on any atom is 0.306 e.